The van der Waals surface area contributed by atoms with E-state index >= 15 is 0 Å². The van der Waals surface area contributed by atoms with E-state index in [-0.39, 0.29) is 5.91 Å². The Hall–Kier alpha value is -2.62. The Bertz CT molecular complexity index is 822. The van der Waals surface area contributed by atoms with Crippen LogP contribution in [0.2, 0.25) is 0 Å². The van der Waals surface area contributed by atoms with Crippen LogP contribution in [0.25, 0.3) is 5.52 Å². The Labute approximate surface area is 122 Å². The molecule has 1 aliphatic heterocycles. The van der Waals surface area contributed by atoms with Crippen LogP contribution in [0.5, 0.6) is 0 Å². The fraction of sp³-hybridized carbons (Fsp3) is 0.176. The number of hydrogen-bond donors (Lipinski definition) is 0. The number of nitrogens with zero attached hydrogens (tertiary/aromatic N) is 3. The Morgan fingerprint density at radius 1 is 1.05 bits per heavy atom. The maximum atomic E-state index is 12.8. The number of fused-ring (bicyclic) bond motifs is 2. The van der Waals surface area contributed by atoms with Crippen molar-refractivity contribution < 1.29 is 4.79 Å². The molecule has 4 rings (SSSR count). The molecule has 3 heterocycles. The number of pyridine rings is 1. The number of aromatic nitrogens is 2. The van der Waals surface area contributed by atoms with Gasteiger partial charge in [-0.25, -0.2) is 4.52 Å². The summed E-state index contributed by atoms with van der Waals surface area (Å²) in [7, 11) is 0. The largest absolute Gasteiger partial charge is 0.334 e. The van der Waals surface area contributed by atoms with E-state index < -0.39 is 0 Å². The summed E-state index contributed by atoms with van der Waals surface area (Å²) in [6.45, 7) is 1.44. The van der Waals surface area contributed by atoms with Crippen molar-refractivity contribution >= 4 is 11.4 Å². The van der Waals surface area contributed by atoms with Crippen molar-refractivity contribution in [2.75, 3.05) is 6.54 Å². The van der Waals surface area contributed by atoms with Crippen LogP contribution in [-0.4, -0.2) is 27.0 Å². The van der Waals surface area contributed by atoms with Crippen molar-refractivity contribution in [1.29, 1.82) is 0 Å². The first-order valence-electron chi connectivity index (χ1n) is 7.11. The summed E-state index contributed by atoms with van der Waals surface area (Å²) >= 11 is 0. The van der Waals surface area contributed by atoms with Crippen LogP contribution < -0.4 is 0 Å². The van der Waals surface area contributed by atoms with E-state index in [1.54, 1.807) is 10.7 Å². The van der Waals surface area contributed by atoms with Gasteiger partial charge in [0.1, 0.15) is 0 Å². The van der Waals surface area contributed by atoms with Gasteiger partial charge in [0.25, 0.3) is 5.91 Å². The molecule has 1 aromatic carbocycles. The van der Waals surface area contributed by atoms with Crippen LogP contribution >= 0.6 is 0 Å². The quantitative estimate of drug-likeness (QED) is 0.685. The summed E-state index contributed by atoms with van der Waals surface area (Å²) in [5.74, 6) is 0.0608. The predicted octanol–water partition coefficient (Wildman–Crippen LogP) is 2.53. The SMILES string of the molecule is O=C(c1cnn2ccccc12)N1CCc2ccccc2C1. The molecule has 2 aromatic heterocycles. The van der Waals surface area contributed by atoms with Crippen molar-refractivity contribution in [2.24, 2.45) is 0 Å². The van der Waals surface area contributed by atoms with Gasteiger partial charge in [0.05, 0.1) is 17.3 Å². The third-order valence-corrected chi connectivity index (χ3v) is 4.07. The van der Waals surface area contributed by atoms with Crippen molar-refractivity contribution in [3.8, 4) is 0 Å². The lowest BCUT2D eigenvalue weighted by Crippen LogP contribution is -2.35. The molecule has 104 valence electrons. The zero-order valence-electron chi connectivity index (χ0n) is 11.6. The summed E-state index contributed by atoms with van der Waals surface area (Å²) < 4.78 is 1.74. The Morgan fingerprint density at radius 3 is 2.76 bits per heavy atom. The zero-order valence-corrected chi connectivity index (χ0v) is 11.6. The number of carbonyl (C=O) groups is 1. The molecule has 0 unspecified atom stereocenters. The van der Waals surface area contributed by atoms with E-state index in [1.165, 1.54) is 11.1 Å². The molecular weight excluding hydrogens is 262 g/mol. The molecule has 4 heteroatoms. The molecule has 0 bridgehead atoms. The van der Waals surface area contributed by atoms with Gasteiger partial charge in [0, 0.05) is 19.3 Å². The molecule has 0 saturated heterocycles. The van der Waals surface area contributed by atoms with Crippen LogP contribution in [0.1, 0.15) is 21.5 Å². The molecule has 0 N–H and O–H groups in total. The van der Waals surface area contributed by atoms with Gasteiger partial charge in [0.2, 0.25) is 0 Å². The monoisotopic (exact) mass is 277 g/mol. The number of benzene rings is 1. The average Bonchev–Trinajstić information content (AvgIpc) is 2.98. The first-order chi connectivity index (χ1) is 10.3. The highest BCUT2D eigenvalue weighted by Crippen LogP contribution is 2.21. The molecule has 3 aromatic rings. The molecule has 1 aliphatic rings. The molecule has 0 aliphatic carbocycles. The highest BCUT2D eigenvalue weighted by atomic mass is 16.2. The first-order valence-corrected chi connectivity index (χ1v) is 7.11. The summed E-state index contributed by atoms with van der Waals surface area (Å²) in [6, 6.07) is 14.1. The van der Waals surface area contributed by atoms with E-state index in [1.807, 2.05) is 35.4 Å². The van der Waals surface area contributed by atoms with Gasteiger partial charge in [-0.05, 0) is 29.7 Å². The van der Waals surface area contributed by atoms with Gasteiger partial charge in [-0.1, -0.05) is 30.3 Å². The lowest BCUT2D eigenvalue weighted by molar-refractivity contribution is 0.0736. The molecule has 0 atom stereocenters. The molecular formula is C17H15N3O. The minimum Gasteiger partial charge on any atom is -0.334 e. The molecule has 4 nitrogen and oxygen atoms in total. The third-order valence-electron chi connectivity index (χ3n) is 4.07. The fourth-order valence-corrected chi connectivity index (χ4v) is 2.94. The molecule has 21 heavy (non-hydrogen) atoms. The number of amides is 1. The number of hydrogen-bond acceptors (Lipinski definition) is 2. The second-order valence-electron chi connectivity index (χ2n) is 5.33. The molecule has 0 spiro atoms. The van der Waals surface area contributed by atoms with Crippen molar-refractivity contribution in [3.63, 3.8) is 0 Å². The Balaban J connectivity index is 1.67. The maximum absolute atomic E-state index is 12.8. The second kappa shape index (κ2) is 4.74. The number of carbonyl (C=O) groups excluding carboxylic acids is 1. The van der Waals surface area contributed by atoms with E-state index in [2.05, 4.69) is 23.3 Å². The lowest BCUT2D eigenvalue weighted by atomic mass is 9.99. The topological polar surface area (TPSA) is 37.6 Å². The molecule has 0 radical (unpaired) electrons. The Morgan fingerprint density at radius 2 is 1.86 bits per heavy atom. The molecule has 0 saturated carbocycles. The van der Waals surface area contributed by atoms with Gasteiger partial charge in [-0.3, -0.25) is 4.79 Å². The van der Waals surface area contributed by atoms with Crippen molar-refractivity contribution in [3.05, 3.63) is 71.5 Å². The van der Waals surface area contributed by atoms with Gasteiger partial charge < -0.3 is 4.90 Å². The molecule has 0 fully saturated rings. The van der Waals surface area contributed by atoms with Crippen LogP contribution in [0, 0.1) is 0 Å². The summed E-state index contributed by atoms with van der Waals surface area (Å²) in [4.78, 5) is 14.7. The van der Waals surface area contributed by atoms with Gasteiger partial charge in [0.15, 0.2) is 0 Å². The zero-order chi connectivity index (χ0) is 14.2. The Kier molecular flexibility index (Phi) is 2.74. The average molecular weight is 277 g/mol. The van der Waals surface area contributed by atoms with E-state index in [9.17, 15) is 4.79 Å². The van der Waals surface area contributed by atoms with Crippen LogP contribution in [0.15, 0.2) is 54.9 Å². The minimum atomic E-state index is 0.0608. The summed E-state index contributed by atoms with van der Waals surface area (Å²) in [6.07, 6.45) is 4.44. The summed E-state index contributed by atoms with van der Waals surface area (Å²) in [5, 5.41) is 4.25. The number of rotatable bonds is 1. The first kappa shape index (κ1) is 12.1. The van der Waals surface area contributed by atoms with Gasteiger partial charge in [-0.15, -0.1) is 0 Å². The van der Waals surface area contributed by atoms with E-state index in [4.69, 9.17) is 0 Å². The van der Waals surface area contributed by atoms with Crippen LogP contribution in [0.4, 0.5) is 0 Å². The fourth-order valence-electron chi connectivity index (χ4n) is 2.94. The van der Waals surface area contributed by atoms with Gasteiger partial charge in [-0.2, -0.15) is 5.10 Å². The normalized spacial score (nSPS) is 14.2. The lowest BCUT2D eigenvalue weighted by Gasteiger charge is -2.28. The van der Waals surface area contributed by atoms with Crippen molar-refractivity contribution in [1.82, 2.24) is 14.5 Å². The van der Waals surface area contributed by atoms with E-state index in [0.29, 0.717) is 12.1 Å². The van der Waals surface area contributed by atoms with E-state index in [0.717, 1.165) is 18.5 Å². The third kappa shape index (κ3) is 2.00. The van der Waals surface area contributed by atoms with Gasteiger partial charge >= 0.3 is 0 Å². The van der Waals surface area contributed by atoms with Crippen LogP contribution in [-0.2, 0) is 13.0 Å². The maximum Gasteiger partial charge on any atom is 0.258 e. The smallest absolute Gasteiger partial charge is 0.258 e. The second-order valence-corrected chi connectivity index (χ2v) is 5.33. The predicted molar refractivity (Wildman–Crippen MR) is 80.1 cm³/mol. The highest BCUT2D eigenvalue weighted by Gasteiger charge is 2.23. The molecule has 1 amide bonds. The minimum absolute atomic E-state index is 0.0608. The highest BCUT2D eigenvalue weighted by molar-refractivity contribution is 6.00. The standard InChI is InChI=1S/C17H15N3O/c21-17(15-11-18-20-9-4-3-7-16(15)20)19-10-8-13-5-1-2-6-14(13)12-19/h1-7,9,11H,8,10,12H2. The van der Waals surface area contributed by atoms with Crippen molar-refractivity contribution in [2.45, 2.75) is 13.0 Å². The summed E-state index contributed by atoms with van der Waals surface area (Å²) in [5.41, 5.74) is 4.13. The van der Waals surface area contributed by atoms with Crippen LogP contribution in [0.3, 0.4) is 0 Å².